The SMILES string of the molecule is CNCc1sc(N(CC(C)C)C(C)C)nc1COC. The molecule has 4 nitrogen and oxygen atoms in total. The zero-order chi connectivity index (χ0) is 14.4. The van der Waals surface area contributed by atoms with Gasteiger partial charge in [-0.1, -0.05) is 13.8 Å². The number of hydrogen-bond donors (Lipinski definition) is 1. The largest absolute Gasteiger partial charge is 0.378 e. The molecule has 1 N–H and O–H groups in total. The first-order chi connectivity index (χ1) is 8.99. The summed E-state index contributed by atoms with van der Waals surface area (Å²) in [4.78, 5) is 8.43. The van der Waals surface area contributed by atoms with Gasteiger partial charge in [0.15, 0.2) is 5.13 Å². The summed E-state index contributed by atoms with van der Waals surface area (Å²) in [7, 11) is 3.68. The van der Waals surface area contributed by atoms with E-state index >= 15 is 0 Å². The molecule has 0 spiro atoms. The number of thiazole rings is 1. The van der Waals surface area contributed by atoms with Crippen LogP contribution in [0.25, 0.3) is 0 Å². The van der Waals surface area contributed by atoms with E-state index in [0.29, 0.717) is 18.6 Å². The Labute approximate surface area is 121 Å². The highest BCUT2D eigenvalue weighted by molar-refractivity contribution is 7.15. The highest BCUT2D eigenvalue weighted by Gasteiger charge is 2.19. The highest BCUT2D eigenvalue weighted by atomic mass is 32.1. The van der Waals surface area contributed by atoms with Crippen molar-refractivity contribution in [1.82, 2.24) is 10.3 Å². The molecule has 110 valence electrons. The standard InChI is InChI=1S/C14H27N3OS/c1-10(2)8-17(11(3)4)14-16-12(9-18-6)13(19-14)7-15-5/h10-11,15H,7-9H2,1-6H3. The first kappa shape index (κ1) is 16.4. The number of anilines is 1. The maximum Gasteiger partial charge on any atom is 0.186 e. The minimum absolute atomic E-state index is 0.464. The lowest BCUT2D eigenvalue weighted by atomic mass is 10.2. The van der Waals surface area contributed by atoms with Gasteiger partial charge in [-0.2, -0.15) is 0 Å². The molecule has 0 saturated carbocycles. The van der Waals surface area contributed by atoms with E-state index in [2.05, 4.69) is 37.9 Å². The lowest BCUT2D eigenvalue weighted by Gasteiger charge is -2.27. The van der Waals surface area contributed by atoms with E-state index in [-0.39, 0.29) is 0 Å². The first-order valence-electron chi connectivity index (χ1n) is 6.88. The van der Waals surface area contributed by atoms with Crippen LogP contribution < -0.4 is 10.2 Å². The second-order valence-corrected chi connectivity index (χ2v) is 6.53. The molecule has 0 bridgehead atoms. The molecule has 0 unspecified atom stereocenters. The van der Waals surface area contributed by atoms with Gasteiger partial charge >= 0.3 is 0 Å². The number of ether oxygens (including phenoxy) is 1. The summed E-state index contributed by atoms with van der Waals surface area (Å²) in [5.41, 5.74) is 1.06. The van der Waals surface area contributed by atoms with Crippen molar-refractivity contribution in [1.29, 1.82) is 0 Å². The molecule has 5 heteroatoms. The first-order valence-corrected chi connectivity index (χ1v) is 7.70. The van der Waals surface area contributed by atoms with Crippen LogP contribution in [0.1, 0.15) is 38.3 Å². The van der Waals surface area contributed by atoms with E-state index in [1.54, 1.807) is 18.4 Å². The topological polar surface area (TPSA) is 37.4 Å². The van der Waals surface area contributed by atoms with Crippen molar-refractivity contribution >= 4 is 16.5 Å². The predicted octanol–water partition coefficient (Wildman–Crippen LogP) is 2.88. The number of nitrogens with one attached hydrogen (secondary N) is 1. The van der Waals surface area contributed by atoms with Crippen LogP contribution in [0.4, 0.5) is 5.13 Å². The van der Waals surface area contributed by atoms with E-state index in [0.717, 1.165) is 23.9 Å². The Kier molecular flexibility index (Phi) is 6.75. The fourth-order valence-corrected chi connectivity index (χ4v) is 3.16. The molecule has 0 aliphatic heterocycles. The molecule has 0 atom stereocenters. The molecule has 0 aliphatic carbocycles. The van der Waals surface area contributed by atoms with Gasteiger partial charge in [-0.25, -0.2) is 4.98 Å². The molecule has 1 rings (SSSR count). The van der Waals surface area contributed by atoms with E-state index in [1.807, 2.05) is 7.05 Å². The average Bonchev–Trinajstić information content (AvgIpc) is 2.70. The predicted molar refractivity (Wildman–Crippen MR) is 82.9 cm³/mol. The molecular weight excluding hydrogens is 258 g/mol. The van der Waals surface area contributed by atoms with E-state index in [4.69, 9.17) is 9.72 Å². The fraction of sp³-hybridized carbons (Fsp3) is 0.786. The molecule has 19 heavy (non-hydrogen) atoms. The van der Waals surface area contributed by atoms with Gasteiger partial charge in [-0.3, -0.25) is 0 Å². The second kappa shape index (κ2) is 7.82. The summed E-state index contributed by atoms with van der Waals surface area (Å²) in [5.74, 6) is 0.630. The van der Waals surface area contributed by atoms with Crippen LogP contribution in [0, 0.1) is 5.92 Å². The monoisotopic (exact) mass is 285 g/mol. The number of aromatic nitrogens is 1. The van der Waals surface area contributed by atoms with Gasteiger partial charge in [0, 0.05) is 31.1 Å². The summed E-state index contributed by atoms with van der Waals surface area (Å²) in [6, 6.07) is 0.464. The van der Waals surface area contributed by atoms with Crippen molar-refractivity contribution < 1.29 is 4.74 Å². The van der Waals surface area contributed by atoms with Gasteiger partial charge in [0.2, 0.25) is 0 Å². The number of rotatable bonds is 8. The molecule has 1 aromatic rings. The van der Waals surface area contributed by atoms with Gasteiger partial charge in [0.05, 0.1) is 12.3 Å². The van der Waals surface area contributed by atoms with Gasteiger partial charge < -0.3 is 15.0 Å². The zero-order valence-corrected chi connectivity index (χ0v) is 13.8. The highest BCUT2D eigenvalue weighted by Crippen LogP contribution is 2.29. The Bertz CT molecular complexity index is 353. The summed E-state index contributed by atoms with van der Waals surface area (Å²) in [6.07, 6.45) is 0. The van der Waals surface area contributed by atoms with Crippen LogP contribution in [0.2, 0.25) is 0 Å². The van der Waals surface area contributed by atoms with Gasteiger partial charge in [0.1, 0.15) is 0 Å². The van der Waals surface area contributed by atoms with E-state index in [9.17, 15) is 0 Å². The van der Waals surface area contributed by atoms with Crippen molar-refractivity contribution in [3.63, 3.8) is 0 Å². The molecule has 0 fully saturated rings. The maximum atomic E-state index is 5.25. The van der Waals surface area contributed by atoms with Crippen molar-refractivity contribution in [2.75, 3.05) is 25.6 Å². The minimum atomic E-state index is 0.464. The smallest absolute Gasteiger partial charge is 0.186 e. The van der Waals surface area contributed by atoms with Gasteiger partial charge in [-0.15, -0.1) is 11.3 Å². The summed E-state index contributed by atoms with van der Waals surface area (Å²) >= 11 is 1.77. The molecule has 0 saturated heterocycles. The summed E-state index contributed by atoms with van der Waals surface area (Å²) in [5, 5.41) is 4.31. The zero-order valence-electron chi connectivity index (χ0n) is 13.0. The van der Waals surface area contributed by atoms with Crippen LogP contribution in [-0.2, 0) is 17.9 Å². The summed E-state index contributed by atoms with van der Waals surface area (Å²) in [6.45, 7) is 11.4. The Morgan fingerprint density at radius 3 is 2.47 bits per heavy atom. The summed E-state index contributed by atoms with van der Waals surface area (Å²) < 4.78 is 5.25. The quantitative estimate of drug-likeness (QED) is 0.797. The maximum absolute atomic E-state index is 5.25. The van der Waals surface area contributed by atoms with Crippen molar-refractivity contribution in [3.8, 4) is 0 Å². The molecule has 0 radical (unpaired) electrons. The molecule has 1 aromatic heterocycles. The number of hydrogen-bond acceptors (Lipinski definition) is 5. The van der Waals surface area contributed by atoms with Crippen molar-refractivity contribution in [2.45, 2.75) is 46.9 Å². The molecular formula is C14H27N3OS. The van der Waals surface area contributed by atoms with Crippen LogP contribution in [0.15, 0.2) is 0 Å². The average molecular weight is 285 g/mol. The van der Waals surface area contributed by atoms with Gasteiger partial charge in [0.25, 0.3) is 0 Å². The van der Waals surface area contributed by atoms with E-state index < -0.39 is 0 Å². The van der Waals surface area contributed by atoms with Crippen LogP contribution in [-0.4, -0.2) is 31.7 Å². The molecule has 0 amide bonds. The Hall–Kier alpha value is -0.650. The molecule has 1 heterocycles. The van der Waals surface area contributed by atoms with Crippen molar-refractivity contribution in [3.05, 3.63) is 10.6 Å². The number of nitrogens with zero attached hydrogens (tertiary/aromatic N) is 2. The van der Waals surface area contributed by atoms with E-state index in [1.165, 1.54) is 4.88 Å². The minimum Gasteiger partial charge on any atom is -0.378 e. The second-order valence-electron chi connectivity index (χ2n) is 5.47. The van der Waals surface area contributed by atoms with Gasteiger partial charge in [-0.05, 0) is 26.8 Å². The number of methoxy groups -OCH3 is 1. The molecule has 0 aromatic carbocycles. The Morgan fingerprint density at radius 2 is 2.00 bits per heavy atom. The van der Waals surface area contributed by atoms with Crippen LogP contribution >= 0.6 is 11.3 Å². The normalized spacial score (nSPS) is 11.6. The molecule has 0 aliphatic rings. The Morgan fingerprint density at radius 1 is 1.32 bits per heavy atom. The van der Waals surface area contributed by atoms with Crippen molar-refractivity contribution in [2.24, 2.45) is 5.92 Å². The fourth-order valence-electron chi connectivity index (χ4n) is 1.94. The third-order valence-electron chi connectivity index (χ3n) is 2.82. The van der Waals surface area contributed by atoms with Crippen LogP contribution in [0.3, 0.4) is 0 Å². The lowest BCUT2D eigenvalue weighted by molar-refractivity contribution is 0.181. The van der Waals surface area contributed by atoms with Crippen LogP contribution in [0.5, 0.6) is 0 Å². The lowest BCUT2D eigenvalue weighted by Crippen LogP contribution is -2.34. The third-order valence-corrected chi connectivity index (χ3v) is 3.95. The Balaban J connectivity index is 2.99. The third kappa shape index (κ3) is 4.75.